The maximum absolute atomic E-state index is 12.9. The molecule has 1 atom stereocenters. The first-order valence-corrected chi connectivity index (χ1v) is 8.99. The van der Waals surface area contributed by atoms with E-state index in [-0.39, 0.29) is 12.3 Å². The largest absolute Gasteiger partial charge is 0.444 e. The van der Waals surface area contributed by atoms with E-state index in [9.17, 15) is 9.59 Å². The van der Waals surface area contributed by atoms with Gasteiger partial charge in [-0.3, -0.25) is 4.79 Å². The van der Waals surface area contributed by atoms with E-state index in [2.05, 4.69) is 20.6 Å². The summed E-state index contributed by atoms with van der Waals surface area (Å²) in [5.74, 6) is -0.279. The third-order valence-electron chi connectivity index (χ3n) is 3.92. The molecule has 0 aliphatic heterocycles. The molecule has 0 fully saturated rings. The third kappa shape index (κ3) is 6.77. The van der Waals surface area contributed by atoms with Crippen LogP contribution in [0.2, 0.25) is 0 Å². The number of rotatable bonds is 7. The summed E-state index contributed by atoms with van der Waals surface area (Å²) < 4.78 is 5.32. The van der Waals surface area contributed by atoms with Gasteiger partial charge in [-0.1, -0.05) is 30.3 Å². The second kappa shape index (κ2) is 8.70. The Morgan fingerprint density at radius 1 is 1.15 bits per heavy atom. The highest BCUT2D eigenvalue weighted by Gasteiger charge is 2.37. The zero-order valence-electron chi connectivity index (χ0n) is 16.3. The average molecular weight is 372 g/mol. The molecule has 2 aromatic rings. The Bertz CT molecular complexity index is 738. The van der Waals surface area contributed by atoms with E-state index in [1.807, 2.05) is 30.3 Å². The van der Waals surface area contributed by atoms with Gasteiger partial charge in [-0.05, 0) is 39.7 Å². The molecule has 1 aromatic heterocycles. The van der Waals surface area contributed by atoms with Crippen LogP contribution in [0.4, 0.5) is 4.79 Å². The number of aromatic amines is 1. The molecule has 0 spiro atoms. The Kier molecular flexibility index (Phi) is 6.60. The summed E-state index contributed by atoms with van der Waals surface area (Å²) in [6.07, 6.45) is 3.51. The minimum Gasteiger partial charge on any atom is -0.444 e. The van der Waals surface area contributed by atoms with Crippen molar-refractivity contribution in [3.8, 4) is 0 Å². The maximum atomic E-state index is 12.9. The zero-order valence-corrected chi connectivity index (χ0v) is 16.3. The summed E-state index contributed by atoms with van der Waals surface area (Å²) >= 11 is 0. The number of ether oxygens (including phenoxy) is 1. The van der Waals surface area contributed by atoms with E-state index in [4.69, 9.17) is 4.74 Å². The molecule has 1 aromatic carbocycles. The van der Waals surface area contributed by atoms with Gasteiger partial charge < -0.3 is 20.4 Å². The number of nitrogens with zero attached hydrogens (tertiary/aromatic N) is 1. The normalized spacial score (nSPS) is 13.5. The van der Waals surface area contributed by atoms with Crippen LogP contribution < -0.4 is 10.6 Å². The molecule has 0 bridgehead atoms. The van der Waals surface area contributed by atoms with E-state index in [1.54, 1.807) is 33.9 Å². The molecule has 2 amide bonds. The van der Waals surface area contributed by atoms with Gasteiger partial charge in [0.25, 0.3) is 0 Å². The number of imidazole rings is 1. The molecule has 7 nitrogen and oxygen atoms in total. The minimum atomic E-state index is -1.18. The zero-order chi connectivity index (χ0) is 19.9. The van der Waals surface area contributed by atoms with Crippen LogP contribution in [-0.4, -0.2) is 39.7 Å². The predicted molar refractivity (Wildman–Crippen MR) is 103 cm³/mol. The van der Waals surface area contributed by atoms with Crippen molar-refractivity contribution in [2.45, 2.75) is 51.7 Å². The molecule has 146 valence electrons. The highest BCUT2D eigenvalue weighted by molar-refractivity contribution is 5.89. The Labute approximate surface area is 159 Å². The van der Waals surface area contributed by atoms with Gasteiger partial charge in [0.05, 0.1) is 6.33 Å². The second-order valence-electron chi connectivity index (χ2n) is 7.70. The summed E-state index contributed by atoms with van der Waals surface area (Å²) in [6.45, 7) is 7.48. The number of carbonyl (C=O) groups excluding carboxylic acids is 2. The number of alkyl carbamates (subject to hydrolysis) is 1. The molecule has 0 aliphatic carbocycles. The Morgan fingerprint density at radius 3 is 2.44 bits per heavy atom. The van der Waals surface area contributed by atoms with Crippen molar-refractivity contribution in [2.75, 3.05) is 6.54 Å². The van der Waals surface area contributed by atoms with E-state index in [1.165, 1.54) is 6.33 Å². The summed E-state index contributed by atoms with van der Waals surface area (Å²) in [7, 11) is 0. The number of hydrogen-bond acceptors (Lipinski definition) is 4. The Morgan fingerprint density at radius 2 is 1.85 bits per heavy atom. The molecule has 1 unspecified atom stereocenters. The lowest BCUT2D eigenvalue weighted by atomic mass is 9.94. The van der Waals surface area contributed by atoms with Gasteiger partial charge in [0, 0.05) is 24.9 Å². The van der Waals surface area contributed by atoms with Crippen molar-refractivity contribution < 1.29 is 14.3 Å². The van der Waals surface area contributed by atoms with Crippen LogP contribution >= 0.6 is 0 Å². The minimum absolute atomic E-state index is 0.267. The first kappa shape index (κ1) is 20.5. The van der Waals surface area contributed by atoms with Crippen molar-refractivity contribution in [3.63, 3.8) is 0 Å². The molecular formula is C20H28N4O3. The van der Waals surface area contributed by atoms with E-state index in [0.717, 1.165) is 11.3 Å². The number of amides is 2. The number of H-pyrrole nitrogens is 1. The van der Waals surface area contributed by atoms with Crippen LogP contribution in [0.1, 0.15) is 39.0 Å². The van der Waals surface area contributed by atoms with Gasteiger partial charge in [-0.15, -0.1) is 0 Å². The van der Waals surface area contributed by atoms with Crippen molar-refractivity contribution in [2.24, 2.45) is 0 Å². The molecule has 7 heteroatoms. The fourth-order valence-electron chi connectivity index (χ4n) is 2.63. The van der Waals surface area contributed by atoms with Gasteiger partial charge in [0.15, 0.2) is 0 Å². The number of nitrogens with one attached hydrogen (secondary N) is 3. The lowest BCUT2D eigenvalue weighted by Crippen LogP contribution is -2.59. The van der Waals surface area contributed by atoms with Crippen molar-refractivity contribution in [1.29, 1.82) is 0 Å². The molecule has 0 aliphatic rings. The third-order valence-corrected chi connectivity index (χ3v) is 3.92. The number of carbonyl (C=O) groups is 2. The number of benzene rings is 1. The monoisotopic (exact) mass is 372 g/mol. The first-order chi connectivity index (χ1) is 12.7. The number of hydrogen-bond donors (Lipinski definition) is 3. The molecule has 0 radical (unpaired) electrons. The molecule has 27 heavy (non-hydrogen) atoms. The van der Waals surface area contributed by atoms with Crippen molar-refractivity contribution in [1.82, 2.24) is 20.6 Å². The van der Waals surface area contributed by atoms with Gasteiger partial charge >= 0.3 is 6.09 Å². The molecular weight excluding hydrogens is 344 g/mol. The molecule has 0 saturated heterocycles. The highest BCUT2D eigenvalue weighted by Crippen LogP contribution is 2.15. The summed E-state index contributed by atoms with van der Waals surface area (Å²) in [4.78, 5) is 32.1. The van der Waals surface area contributed by atoms with Gasteiger partial charge in [-0.25, -0.2) is 9.78 Å². The maximum Gasteiger partial charge on any atom is 0.408 e. The van der Waals surface area contributed by atoms with Crippen LogP contribution in [0.5, 0.6) is 0 Å². The Balaban J connectivity index is 2.03. The molecule has 0 saturated carbocycles. The SMILES string of the molecule is CC(C)(C)OC(=O)NC(C)(Cc1cnc[nH]1)C(=O)NCCc1ccccc1. The smallest absolute Gasteiger partial charge is 0.408 e. The highest BCUT2D eigenvalue weighted by atomic mass is 16.6. The molecule has 1 heterocycles. The predicted octanol–water partition coefficient (Wildman–Crippen LogP) is 2.59. The standard InChI is InChI=1S/C20H28N4O3/c1-19(2,3)27-18(26)24-20(4,12-16-13-21-14-23-16)17(25)22-11-10-15-8-6-5-7-9-15/h5-9,13-14H,10-12H2,1-4H3,(H,21,23)(H,22,25)(H,24,26). The van der Waals surface area contributed by atoms with Crippen LogP contribution in [0.25, 0.3) is 0 Å². The first-order valence-electron chi connectivity index (χ1n) is 8.99. The lowest BCUT2D eigenvalue weighted by Gasteiger charge is -2.30. The average Bonchev–Trinajstić information content (AvgIpc) is 3.06. The second-order valence-corrected chi connectivity index (χ2v) is 7.70. The topological polar surface area (TPSA) is 96.1 Å². The van der Waals surface area contributed by atoms with E-state index >= 15 is 0 Å². The molecule has 3 N–H and O–H groups in total. The quantitative estimate of drug-likeness (QED) is 0.696. The van der Waals surface area contributed by atoms with Gasteiger partial charge in [0.1, 0.15) is 11.1 Å². The number of aromatic nitrogens is 2. The van der Waals surface area contributed by atoms with E-state index < -0.39 is 17.2 Å². The lowest BCUT2D eigenvalue weighted by molar-refractivity contribution is -0.127. The summed E-state index contributed by atoms with van der Waals surface area (Å²) in [6, 6.07) is 9.89. The van der Waals surface area contributed by atoms with Gasteiger partial charge in [-0.2, -0.15) is 0 Å². The van der Waals surface area contributed by atoms with Crippen LogP contribution in [0, 0.1) is 0 Å². The summed E-state index contributed by atoms with van der Waals surface area (Å²) in [5.41, 5.74) is 0.0499. The van der Waals surface area contributed by atoms with Gasteiger partial charge in [0.2, 0.25) is 5.91 Å². The van der Waals surface area contributed by atoms with E-state index in [0.29, 0.717) is 13.0 Å². The van der Waals surface area contributed by atoms with Crippen LogP contribution in [0.15, 0.2) is 42.9 Å². The van der Waals surface area contributed by atoms with Crippen LogP contribution in [-0.2, 0) is 22.4 Å². The summed E-state index contributed by atoms with van der Waals surface area (Å²) in [5, 5.41) is 5.62. The fraction of sp³-hybridized carbons (Fsp3) is 0.450. The van der Waals surface area contributed by atoms with Crippen LogP contribution in [0.3, 0.4) is 0 Å². The van der Waals surface area contributed by atoms with Crippen molar-refractivity contribution >= 4 is 12.0 Å². The fourth-order valence-corrected chi connectivity index (χ4v) is 2.63. The molecule has 2 rings (SSSR count). The Hall–Kier alpha value is -2.83. The van der Waals surface area contributed by atoms with Crippen molar-refractivity contribution in [3.05, 3.63) is 54.1 Å².